The smallest absolute Gasteiger partial charge is 0.274 e. The van der Waals surface area contributed by atoms with Crippen molar-refractivity contribution in [3.05, 3.63) is 40.5 Å². The van der Waals surface area contributed by atoms with Crippen LogP contribution in [-0.2, 0) is 6.54 Å². The molecule has 23 heavy (non-hydrogen) atoms. The van der Waals surface area contributed by atoms with Gasteiger partial charge in [-0.1, -0.05) is 32.0 Å². The Morgan fingerprint density at radius 3 is 2.61 bits per heavy atom. The number of fused-ring (bicyclic) bond motifs is 1. The van der Waals surface area contributed by atoms with Crippen molar-refractivity contribution < 1.29 is 4.42 Å². The quantitative estimate of drug-likeness (QED) is 0.743. The Bertz CT molecular complexity index is 955. The fraction of sp³-hybridized carbons (Fsp3) is 0.412. The fourth-order valence-electron chi connectivity index (χ4n) is 2.97. The van der Waals surface area contributed by atoms with E-state index in [1.807, 2.05) is 25.1 Å². The standard InChI is InChI=1S/C17H18N4O2/c1-4-21-16(22)11-8-6-5-7-10(11)13(20-21)15-19-18-14(23-15)12-9-17(12,2)3/h5-8,12H,4,9H2,1-3H3. The average Bonchev–Trinajstić information content (AvgIpc) is 2.97. The fourth-order valence-corrected chi connectivity index (χ4v) is 2.97. The van der Waals surface area contributed by atoms with Gasteiger partial charge < -0.3 is 4.42 Å². The van der Waals surface area contributed by atoms with E-state index in [4.69, 9.17) is 4.42 Å². The molecular formula is C17H18N4O2. The highest BCUT2D eigenvalue weighted by atomic mass is 16.4. The maximum Gasteiger partial charge on any atom is 0.274 e. The number of benzene rings is 1. The number of aryl methyl sites for hydroxylation is 1. The molecule has 0 N–H and O–H groups in total. The Morgan fingerprint density at radius 1 is 1.26 bits per heavy atom. The summed E-state index contributed by atoms with van der Waals surface area (Å²) in [5.74, 6) is 1.35. The second-order valence-electron chi connectivity index (χ2n) is 6.71. The van der Waals surface area contributed by atoms with Crippen molar-refractivity contribution in [2.75, 3.05) is 0 Å². The summed E-state index contributed by atoms with van der Waals surface area (Å²) < 4.78 is 7.31. The molecule has 1 aliphatic rings. The van der Waals surface area contributed by atoms with E-state index in [0.717, 1.165) is 11.8 Å². The normalized spacial score (nSPS) is 19.2. The van der Waals surface area contributed by atoms with Crippen LogP contribution < -0.4 is 5.56 Å². The number of nitrogens with zero attached hydrogens (tertiary/aromatic N) is 4. The van der Waals surface area contributed by atoms with E-state index < -0.39 is 0 Å². The number of aromatic nitrogens is 4. The van der Waals surface area contributed by atoms with E-state index in [-0.39, 0.29) is 11.0 Å². The van der Waals surface area contributed by atoms with Crippen LogP contribution in [0.1, 0.15) is 39.0 Å². The van der Waals surface area contributed by atoms with Gasteiger partial charge in [0, 0.05) is 17.8 Å². The molecule has 0 bridgehead atoms. The van der Waals surface area contributed by atoms with Crippen molar-refractivity contribution in [3.63, 3.8) is 0 Å². The summed E-state index contributed by atoms with van der Waals surface area (Å²) >= 11 is 0. The second-order valence-corrected chi connectivity index (χ2v) is 6.71. The van der Waals surface area contributed by atoms with Crippen LogP contribution in [0, 0.1) is 5.41 Å². The molecule has 0 spiro atoms. The zero-order valence-electron chi connectivity index (χ0n) is 13.4. The van der Waals surface area contributed by atoms with Crippen molar-refractivity contribution in [2.24, 2.45) is 5.41 Å². The summed E-state index contributed by atoms with van der Waals surface area (Å²) in [4.78, 5) is 12.4. The van der Waals surface area contributed by atoms with E-state index >= 15 is 0 Å². The Morgan fingerprint density at radius 2 is 1.96 bits per heavy atom. The molecule has 0 radical (unpaired) electrons. The van der Waals surface area contributed by atoms with E-state index in [1.165, 1.54) is 4.68 Å². The molecule has 3 aromatic rings. The van der Waals surface area contributed by atoms with Crippen molar-refractivity contribution in [1.29, 1.82) is 0 Å². The Hall–Kier alpha value is -2.50. The van der Waals surface area contributed by atoms with Crippen molar-refractivity contribution in [2.45, 2.75) is 39.7 Å². The molecule has 1 saturated carbocycles. The van der Waals surface area contributed by atoms with Gasteiger partial charge in [0.25, 0.3) is 11.4 Å². The van der Waals surface area contributed by atoms with Gasteiger partial charge in [0.2, 0.25) is 5.89 Å². The van der Waals surface area contributed by atoms with Crippen LogP contribution in [0.3, 0.4) is 0 Å². The maximum atomic E-state index is 12.4. The first-order chi connectivity index (χ1) is 11.0. The Balaban J connectivity index is 1.89. The Labute approximate surface area is 133 Å². The highest BCUT2D eigenvalue weighted by Crippen LogP contribution is 2.58. The molecule has 4 rings (SSSR count). The van der Waals surface area contributed by atoms with Crippen molar-refractivity contribution in [1.82, 2.24) is 20.0 Å². The molecule has 1 aromatic carbocycles. The van der Waals surface area contributed by atoms with E-state index in [1.54, 1.807) is 6.07 Å². The largest absolute Gasteiger partial charge is 0.419 e. The van der Waals surface area contributed by atoms with Crippen LogP contribution in [0.25, 0.3) is 22.4 Å². The molecular weight excluding hydrogens is 292 g/mol. The number of hydrogen-bond acceptors (Lipinski definition) is 5. The van der Waals surface area contributed by atoms with Gasteiger partial charge in [-0.25, -0.2) is 4.68 Å². The third-order valence-corrected chi connectivity index (χ3v) is 4.62. The zero-order valence-corrected chi connectivity index (χ0v) is 13.4. The minimum Gasteiger partial charge on any atom is -0.419 e. The average molecular weight is 310 g/mol. The molecule has 118 valence electrons. The molecule has 0 aliphatic heterocycles. The lowest BCUT2D eigenvalue weighted by Gasteiger charge is -2.06. The second kappa shape index (κ2) is 4.75. The van der Waals surface area contributed by atoms with E-state index in [0.29, 0.717) is 35.3 Å². The maximum absolute atomic E-state index is 12.4. The minimum atomic E-state index is -0.102. The predicted molar refractivity (Wildman–Crippen MR) is 86.1 cm³/mol. The van der Waals surface area contributed by atoms with Gasteiger partial charge in [-0.05, 0) is 24.8 Å². The summed E-state index contributed by atoms with van der Waals surface area (Å²) in [6.07, 6.45) is 1.05. The molecule has 0 amide bonds. The molecule has 6 nitrogen and oxygen atoms in total. The van der Waals surface area contributed by atoms with Gasteiger partial charge in [0.15, 0.2) is 5.69 Å². The minimum absolute atomic E-state index is 0.102. The van der Waals surface area contributed by atoms with Crippen LogP contribution in [0.15, 0.2) is 33.5 Å². The first kappa shape index (κ1) is 14.1. The molecule has 1 atom stereocenters. The number of hydrogen-bond donors (Lipinski definition) is 0. The van der Waals surface area contributed by atoms with Crippen LogP contribution in [0.5, 0.6) is 0 Å². The van der Waals surface area contributed by atoms with Gasteiger partial charge in [-0.3, -0.25) is 4.79 Å². The lowest BCUT2D eigenvalue weighted by Crippen LogP contribution is -2.22. The third kappa shape index (κ3) is 2.17. The van der Waals surface area contributed by atoms with E-state index in [2.05, 4.69) is 29.1 Å². The zero-order chi connectivity index (χ0) is 16.2. The van der Waals surface area contributed by atoms with Crippen LogP contribution >= 0.6 is 0 Å². The van der Waals surface area contributed by atoms with E-state index in [9.17, 15) is 4.79 Å². The van der Waals surface area contributed by atoms with Gasteiger partial charge in [-0.15, -0.1) is 10.2 Å². The molecule has 1 unspecified atom stereocenters. The molecule has 2 heterocycles. The first-order valence-corrected chi connectivity index (χ1v) is 7.85. The van der Waals surface area contributed by atoms with Gasteiger partial charge in [-0.2, -0.15) is 5.10 Å². The third-order valence-electron chi connectivity index (χ3n) is 4.62. The SMILES string of the molecule is CCn1nc(-c2nnc(C3CC3(C)C)o2)c2ccccc2c1=O. The molecule has 1 fully saturated rings. The number of rotatable bonds is 3. The van der Waals surface area contributed by atoms with Crippen LogP contribution in [0.4, 0.5) is 0 Å². The van der Waals surface area contributed by atoms with Gasteiger partial charge >= 0.3 is 0 Å². The Kier molecular flexibility index (Phi) is 2.91. The monoisotopic (exact) mass is 310 g/mol. The summed E-state index contributed by atoms with van der Waals surface area (Å²) in [6.45, 7) is 6.76. The van der Waals surface area contributed by atoms with Crippen LogP contribution in [0.2, 0.25) is 0 Å². The molecule has 0 saturated heterocycles. The molecule has 2 aromatic heterocycles. The lowest BCUT2D eigenvalue weighted by molar-refractivity contribution is 0.473. The summed E-state index contributed by atoms with van der Waals surface area (Å²) in [6, 6.07) is 7.39. The molecule has 6 heteroatoms. The summed E-state index contributed by atoms with van der Waals surface area (Å²) in [5, 5.41) is 14.2. The lowest BCUT2D eigenvalue weighted by atomic mass is 10.1. The van der Waals surface area contributed by atoms with Gasteiger partial charge in [0.1, 0.15) is 0 Å². The van der Waals surface area contributed by atoms with Crippen molar-refractivity contribution >= 4 is 10.8 Å². The van der Waals surface area contributed by atoms with Crippen molar-refractivity contribution in [3.8, 4) is 11.6 Å². The molecule has 1 aliphatic carbocycles. The highest BCUT2D eigenvalue weighted by molar-refractivity contribution is 5.91. The predicted octanol–water partition coefficient (Wildman–Crippen LogP) is 2.98. The highest BCUT2D eigenvalue weighted by Gasteiger charge is 2.50. The topological polar surface area (TPSA) is 73.8 Å². The first-order valence-electron chi connectivity index (χ1n) is 7.85. The summed E-state index contributed by atoms with van der Waals surface area (Å²) in [5.41, 5.74) is 0.691. The summed E-state index contributed by atoms with van der Waals surface area (Å²) in [7, 11) is 0. The van der Waals surface area contributed by atoms with Crippen LogP contribution in [-0.4, -0.2) is 20.0 Å². The van der Waals surface area contributed by atoms with Gasteiger partial charge in [0.05, 0.1) is 5.39 Å².